The molecule has 0 radical (unpaired) electrons. The summed E-state index contributed by atoms with van der Waals surface area (Å²) in [4.78, 5) is 0. The molecule has 0 heterocycles. The molecule has 0 fully saturated rings. The molecule has 0 saturated heterocycles. The Bertz CT molecular complexity index is 536. The van der Waals surface area contributed by atoms with E-state index >= 15 is 0 Å². The maximum atomic E-state index is 6.32. The fourth-order valence-corrected chi connectivity index (χ4v) is 2.61. The summed E-state index contributed by atoms with van der Waals surface area (Å²) in [6.07, 6.45) is 0.898. The van der Waals surface area contributed by atoms with Crippen LogP contribution in [0.1, 0.15) is 29.7 Å². The Morgan fingerprint density at radius 1 is 1.11 bits per heavy atom. The van der Waals surface area contributed by atoms with Gasteiger partial charge in [0, 0.05) is 11.1 Å². The lowest BCUT2D eigenvalue weighted by Crippen LogP contribution is -2.21. The lowest BCUT2D eigenvalue weighted by Gasteiger charge is -2.21. The van der Waals surface area contributed by atoms with Crippen molar-refractivity contribution in [3.8, 4) is 0 Å². The lowest BCUT2D eigenvalue weighted by atomic mass is 9.89. The topological polar surface area (TPSA) is 26.0 Å². The average molecular weight is 274 g/mol. The minimum Gasteiger partial charge on any atom is -0.324 e. The Morgan fingerprint density at radius 3 is 2.42 bits per heavy atom. The van der Waals surface area contributed by atoms with Crippen molar-refractivity contribution in [1.29, 1.82) is 0 Å². The SMILES string of the molecule is Cc1ccc(CC(C)C(N)c2ccccc2)c(Cl)c1. The molecule has 0 aliphatic heterocycles. The van der Waals surface area contributed by atoms with Crippen LogP contribution in [0.5, 0.6) is 0 Å². The van der Waals surface area contributed by atoms with Gasteiger partial charge in [-0.05, 0) is 42.0 Å². The number of benzene rings is 2. The lowest BCUT2D eigenvalue weighted by molar-refractivity contribution is 0.468. The number of halogens is 1. The van der Waals surface area contributed by atoms with E-state index < -0.39 is 0 Å². The molecule has 1 nitrogen and oxygen atoms in total. The molecule has 0 aliphatic carbocycles. The van der Waals surface area contributed by atoms with E-state index in [4.69, 9.17) is 17.3 Å². The zero-order chi connectivity index (χ0) is 13.8. The van der Waals surface area contributed by atoms with Gasteiger partial charge in [-0.1, -0.05) is 61.0 Å². The molecule has 100 valence electrons. The molecule has 2 atom stereocenters. The van der Waals surface area contributed by atoms with Crippen LogP contribution in [0.4, 0.5) is 0 Å². The Hall–Kier alpha value is -1.31. The summed E-state index contributed by atoms with van der Waals surface area (Å²) in [6.45, 7) is 4.22. The molecule has 2 aromatic carbocycles. The third-order valence-electron chi connectivity index (χ3n) is 3.55. The first-order valence-corrected chi connectivity index (χ1v) is 7.01. The molecular formula is C17H20ClN. The largest absolute Gasteiger partial charge is 0.324 e. The van der Waals surface area contributed by atoms with Gasteiger partial charge in [0.15, 0.2) is 0 Å². The van der Waals surface area contributed by atoms with E-state index in [1.54, 1.807) is 0 Å². The van der Waals surface area contributed by atoms with Crippen LogP contribution in [0.2, 0.25) is 5.02 Å². The highest BCUT2D eigenvalue weighted by atomic mass is 35.5. The van der Waals surface area contributed by atoms with Crippen molar-refractivity contribution in [2.45, 2.75) is 26.3 Å². The van der Waals surface area contributed by atoms with Gasteiger partial charge in [0.25, 0.3) is 0 Å². The number of rotatable bonds is 4. The highest BCUT2D eigenvalue weighted by molar-refractivity contribution is 6.31. The zero-order valence-electron chi connectivity index (χ0n) is 11.4. The second kappa shape index (κ2) is 6.23. The second-order valence-electron chi connectivity index (χ2n) is 5.21. The minimum absolute atomic E-state index is 0.0403. The molecule has 0 spiro atoms. The molecule has 2 heteroatoms. The van der Waals surface area contributed by atoms with E-state index in [1.807, 2.05) is 24.3 Å². The van der Waals surface area contributed by atoms with Gasteiger partial charge < -0.3 is 5.73 Å². The van der Waals surface area contributed by atoms with Crippen molar-refractivity contribution >= 4 is 11.6 Å². The molecule has 0 amide bonds. The number of nitrogens with two attached hydrogens (primary N) is 1. The van der Waals surface area contributed by atoms with Crippen LogP contribution in [-0.4, -0.2) is 0 Å². The maximum Gasteiger partial charge on any atom is 0.0440 e. The molecule has 2 N–H and O–H groups in total. The summed E-state index contributed by atoms with van der Waals surface area (Å²) in [5.41, 5.74) is 9.86. The Labute approximate surface area is 120 Å². The van der Waals surface area contributed by atoms with E-state index in [0.29, 0.717) is 5.92 Å². The third kappa shape index (κ3) is 3.59. The average Bonchev–Trinajstić information content (AvgIpc) is 2.42. The van der Waals surface area contributed by atoms with Crippen molar-refractivity contribution in [3.63, 3.8) is 0 Å². The monoisotopic (exact) mass is 273 g/mol. The van der Waals surface area contributed by atoms with E-state index in [0.717, 1.165) is 11.4 Å². The molecule has 19 heavy (non-hydrogen) atoms. The normalized spacial score (nSPS) is 14.1. The van der Waals surface area contributed by atoms with Crippen molar-refractivity contribution in [2.75, 3.05) is 0 Å². The van der Waals surface area contributed by atoms with Crippen molar-refractivity contribution in [2.24, 2.45) is 11.7 Å². The van der Waals surface area contributed by atoms with Crippen molar-refractivity contribution < 1.29 is 0 Å². The summed E-state index contributed by atoms with van der Waals surface area (Å²) < 4.78 is 0. The Kier molecular flexibility index (Phi) is 4.62. The van der Waals surface area contributed by atoms with Crippen LogP contribution in [0, 0.1) is 12.8 Å². The fraction of sp³-hybridized carbons (Fsp3) is 0.294. The smallest absolute Gasteiger partial charge is 0.0440 e. The first-order valence-electron chi connectivity index (χ1n) is 6.63. The van der Waals surface area contributed by atoms with Crippen molar-refractivity contribution in [3.05, 3.63) is 70.2 Å². The van der Waals surface area contributed by atoms with Crippen molar-refractivity contribution in [1.82, 2.24) is 0 Å². The highest BCUT2D eigenvalue weighted by Crippen LogP contribution is 2.26. The zero-order valence-corrected chi connectivity index (χ0v) is 12.2. The van der Waals surface area contributed by atoms with Gasteiger partial charge in [0.05, 0.1) is 0 Å². The first kappa shape index (κ1) is 14.1. The molecule has 0 saturated carbocycles. The van der Waals surface area contributed by atoms with Gasteiger partial charge in [-0.25, -0.2) is 0 Å². The minimum atomic E-state index is 0.0403. The van der Waals surface area contributed by atoms with Crippen LogP contribution in [0.15, 0.2) is 48.5 Å². The van der Waals surface area contributed by atoms with Crippen LogP contribution in [-0.2, 0) is 6.42 Å². The van der Waals surface area contributed by atoms with E-state index in [-0.39, 0.29) is 6.04 Å². The Balaban J connectivity index is 2.10. The third-order valence-corrected chi connectivity index (χ3v) is 3.90. The summed E-state index contributed by atoms with van der Waals surface area (Å²) in [7, 11) is 0. The molecule has 2 rings (SSSR count). The number of hydrogen-bond acceptors (Lipinski definition) is 1. The van der Waals surface area contributed by atoms with Crippen LogP contribution >= 0.6 is 11.6 Å². The van der Waals surface area contributed by atoms with Gasteiger partial charge in [-0.3, -0.25) is 0 Å². The van der Waals surface area contributed by atoms with Gasteiger partial charge >= 0.3 is 0 Å². The first-order chi connectivity index (χ1) is 9.08. The molecular weight excluding hydrogens is 254 g/mol. The van der Waals surface area contributed by atoms with Gasteiger partial charge in [-0.15, -0.1) is 0 Å². The summed E-state index contributed by atoms with van der Waals surface area (Å²) in [6, 6.07) is 16.5. The Morgan fingerprint density at radius 2 is 1.79 bits per heavy atom. The van der Waals surface area contributed by atoms with Crippen LogP contribution in [0.3, 0.4) is 0 Å². The highest BCUT2D eigenvalue weighted by Gasteiger charge is 2.16. The predicted molar refractivity (Wildman–Crippen MR) is 82.4 cm³/mol. The second-order valence-corrected chi connectivity index (χ2v) is 5.62. The predicted octanol–water partition coefficient (Wildman–Crippen LogP) is 4.53. The molecule has 2 aromatic rings. The molecule has 2 unspecified atom stereocenters. The van der Waals surface area contributed by atoms with E-state index in [1.165, 1.54) is 16.7 Å². The maximum absolute atomic E-state index is 6.32. The summed E-state index contributed by atoms with van der Waals surface area (Å²) in [5.74, 6) is 0.350. The number of hydrogen-bond donors (Lipinski definition) is 1. The molecule has 0 bridgehead atoms. The fourth-order valence-electron chi connectivity index (χ4n) is 2.30. The number of aryl methyl sites for hydroxylation is 1. The van der Waals surface area contributed by atoms with Gasteiger partial charge in [0.1, 0.15) is 0 Å². The summed E-state index contributed by atoms with van der Waals surface area (Å²) in [5, 5.41) is 0.840. The van der Waals surface area contributed by atoms with Crippen LogP contribution < -0.4 is 5.73 Å². The van der Waals surface area contributed by atoms with Gasteiger partial charge in [0.2, 0.25) is 0 Å². The van der Waals surface area contributed by atoms with Gasteiger partial charge in [-0.2, -0.15) is 0 Å². The quantitative estimate of drug-likeness (QED) is 0.870. The summed E-state index contributed by atoms with van der Waals surface area (Å²) >= 11 is 6.28. The van der Waals surface area contributed by atoms with Crippen LogP contribution in [0.25, 0.3) is 0 Å². The van der Waals surface area contributed by atoms with E-state index in [9.17, 15) is 0 Å². The standard InChI is InChI=1S/C17H20ClN/c1-12-8-9-15(16(18)10-12)11-13(2)17(19)14-6-4-3-5-7-14/h3-10,13,17H,11,19H2,1-2H3. The molecule has 0 aliphatic rings. The van der Waals surface area contributed by atoms with E-state index in [2.05, 4.69) is 38.1 Å². The molecule has 0 aromatic heterocycles.